The molecule has 0 aromatic rings. The first kappa shape index (κ1) is 24.9. The molecule has 17 heteroatoms. The zero-order chi connectivity index (χ0) is 23.7. The number of carbonyl (C=O) groups is 2. The van der Waals surface area contributed by atoms with E-state index in [9.17, 15) is 39.6 Å². The largest absolute Gasteiger partial charge is 0.456 e. The van der Waals surface area contributed by atoms with Gasteiger partial charge in [0.15, 0.2) is 6.10 Å². The van der Waals surface area contributed by atoms with Crippen LogP contribution in [0.25, 0.3) is 0 Å². The van der Waals surface area contributed by atoms with E-state index in [2.05, 4.69) is 4.74 Å². The highest BCUT2D eigenvalue weighted by Crippen LogP contribution is 2.52. The van der Waals surface area contributed by atoms with Crippen LogP contribution in [0.3, 0.4) is 0 Å². The Hall–Kier alpha value is -0.760. The Bertz CT molecular complexity index is 988. The SMILES string of the molecule is CC(C)(I)C(=O)OC1C2OS(=O)(=O)C3C2OC1C3C(=O)OC(CS(=O)(=O)O)C(F)(F)F. The molecule has 1 N–H and O–H groups in total. The van der Waals surface area contributed by atoms with Gasteiger partial charge in [0.2, 0.25) is 6.10 Å². The number of fused-ring (bicyclic) bond motifs is 1. The second kappa shape index (κ2) is 7.64. The number of carbonyl (C=O) groups excluding carboxylic acids is 2. The molecule has 7 unspecified atom stereocenters. The Labute approximate surface area is 187 Å². The molecule has 0 spiro atoms. The average Bonchev–Trinajstić information content (AvgIpc) is 3.13. The lowest BCUT2D eigenvalue weighted by Gasteiger charge is -2.30. The van der Waals surface area contributed by atoms with Crippen molar-refractivity contribution in [3.8, 4) is 0 Å². The normalized spacial score (nSPS) is 35.1. The zero-order valence-electron chi connectivity index (χ0n) is 15.6. The molecule has 0 amide bonds. The van der Waals surface area contributed by atoms with Crippen LogP contribution in [-0.4, -0.2) is 84.4 Å². The van der Waals surface area contributed by atoms with Crippen LogP contribution in [0.1, 0.15) is 13.8 Å². The molecule has 31 heavy (non-hydrogen) atoms. The lowest BCUT2D eigenvalue weighted by molar-refractivity contribution is -0.219. The summed E-state index contributed by atoms with van der Waals surface area (Å²) < 4.78 is 113. The van der Waals surface area contributed by atoms with Gasteiger partial charge in [0.1, 0.15) is 38.7 Å². The molecule has 3 fully saturated rings. The Balaban J connectivity index is 1.89. The molecule has 178 valence electrons. The van der Waals surface area contributed by atoms with Crippen molar-refractivity contribution in [1.82, 2.24) is 0 Å². The maximum absolute atomic E-state index is 13.1. The predicted molar refractivity (Wildman–Crippen MR) is 100 cm³/mol. The molecule has 0 saturated carbocycles. The third kappa shape index (κ3) is 4.80. The minimum Gasteiger partial charge on any atom is -0.456 e. The standard InChI is InChI=1S/C14H16F3IO11S2/c1-13(2,18)12(20)28-7-6-5(10-9(27-6)8(7)29-31(10,24)25)11(19)26-4(14(15,16)17)3-30(21,22)23/h4-10H,3H2,1-2H3,(H,21,22,23). The molecule has 3 saturated heterocycles. The van der Waals surface area contributed by atoms with Crippen LogP contribution in [0.15, 0.2) is 0 Å². The van der Waals surface area contributed by atoms with E-state index in [1.807, 2.05) is 0 Å². The van der Waals surface area contributed by atoms with Crippen LogP contribution >= 0.6 is 22.6 Å². The van der Waals surface area contributed by atoms with Crippen molar-refractivity contribution < 1.29 is 62.5 Å². The Morgan fingerprint density at radius 2 is 1.77 bits per heavy atom. The van der Waals surface area contributed by atoms with Gasteiger partial charge >= 0.3 is 18.1 Å². The first-order chi connectivity index (χ1) is 13.8. The molecular weight excluding hydrogens is 592 g/mol. The number of esters is 2. The molecule has 0 aliphatic carbocycles. The molecule has 11 nitrogen and oxygen atoms in total. The summed E-state index contributed by atoms with van der Waals surface area (Å²) in [5, 5.41) is -1.72. The van der Waals surface area contributed by atoms with Crippen molar-refractivity contribution in [2.24, 2.45) is 5.92 Å². The van der Waals surface area contributed by atoms with Gasteiger partial charge < -0.3 is 14.2 Å². The summed E-state index contributed by atoms with van der Waals surface area (Å²) in [6, 6.07) is 0. The number of alkyl halides is 4. The molecule has 2 bridgehead atoms. The van der Waals surface area contributed by atoms with Crippen molar-refractivity contribution in [3.05, 3.63) is 0 Å². The van der Waals surface area contributed by atoms with Crippen LogP contribution in [0.2, 0.25) is 0 Å². The summed E-state index contributed by atoms with van der Waals surface area (Å²) in [5.74, 6) is -6.42. The molecule has 3 heterocycles. The van der Waals surface area contributed by atoms with Crippen molar-refractivity contribution in [1.29, 1.82) is 0 Å². The smallest absolute Gasteiger partial charge is 0.426 e. The zero-order valence-corrected chi connectivity index (χ0v) is 19.4. The van der Waals surface area contributed by atoms with Crippen molar-refractivity contribution >= 4 is 54.8 Å². The van der Waals surface area contributed by atoms with E-state index >= 15 is 0 Å². The van der Waals surface area contributed by atoms with Gasteiger partial charge in [-0.25, -0.2) is 0 Å². The highest BCUT2D eigenvalue weighted by molar-refractivity contribution is 14.1. The van der Waals surface area contributed by atoms with Gasteiger partial charge in [0, 0.05) is 0 Å². The summed E-state index contributed by atoms with van der Waals surface area (Å²) in [7, 11) is -9.71. The second-order valence-corrected chi connectivity index (χ2v) is 13.6. The van der Waals surface area contributed by atoms with Gasteiger partial charge in [-0.1, -0.05) is 22.6 Å². The first-order valence-electron chi connectivity index (χ1n) is 8.53. The fourth-order valence-electron chi connectivity index (χ4n) is 3.60. The van der Waals surface area contributed by atoms with Crippen LogP contribution in [0, 0.1) is 5.92 Å². The Morgan fingerprint density at radius 1 is 1.19 bits per heavy atom. The van der Waals surface area contributed by atoms with E-state index in [0.29, 0.717) is 0 Å². The fourth-order valence-corrected chi connectivity index (χ4v) is 6.20. The van der Waals surface area contributed by atoms with Crippen LogP contribution in [-0.2, 0) is 48.2 Å². The molecule has 7 atom stereocenters. The first-order valence-corrected chi connectivity index (χ1v) is 12.7. The summed E-state index contributed by atoms with van der Waals surface area (Å²) >= 11 is 1.74. The van der Waals surface area contributed by atoms with Gasteiger partial charge in [0.25, 0.3) is 20.2 Å². The highest BCUT2D eigenvalue weighted by atomic mass is 127. The van der Waals surface area contributed by atoms with E-state index in [-0.39, 0.29) is 0 Å². The second-order valence-electron chi connectivity index (χ2n) is 7.67. The number of ether oxygens (including phenoxy) is 3. The topological polar surface area (TPSA) is 160 Å². The number of hydrogen-bond acceptors (Lipinski definition) is 10. The Morgan fingerprint density at radius 3 is 2.26 bits per heavy atom. The minimum atomic E-state index is -5.38. The monoisotopic (exact) mass is 608 g/mol. The quantitative estimate of drug-likeness (QED) is 0.142. The molecule has 3 aliphatic rings. The van der Waals surface area contributed by atoms with Crippen molar-refractivity contribution in [2.75, 3.05) is 5.75 Å². The maximum Gasteiger partial charge on any atom is 0.426 e. The Kier molecular flexibility index (Phi) is 6.13. The summed E-state index contributed by atoms with van der Waals surface area (Å²) in [5.41, 5.74) is 0. The predicted octanol–water partition coefficient (Wildman–Crippen LogP) is -0.0319. The summed E-state index contributed by atoms with van der Waals surface area (Å²) in [6.07, 6.45) is -14.1. The van der Waals surface area contributed by atoms with E-state index in [4.69, 9.17) is 18.2 Å². The minimum absolute atomic E-state index is 0.814. The van der Waals surface area contributed by atoms with Gasteiger partial charge in [-0.05, 0) is 13.8 Å². The molecule has 3 aliphatic heterocycles. The van der Waals surface area contributed by atoms with E-state index in [1.54, 1.807) is 22.6 Å². The van der Waals surface area contributed by atoms with Gasteiger partial charge in [-0.15, -0.1) is 0 Å². The molecule has 0 radical (unpaired) electrons. The average molecular weight is 608 g/mol. The fraction of sp³-hybridized carbons (Fsp3) is 0.857. The van der Waals surface area contributed by atoms with Crippen LogP contribution in [0.5, 0.6) is 0 Å². The lowest BCUT2D eigenvalue weighted by atomic mass is 9.84. The summed E-state index contributed by atoms with van der Waals surface area (Å²) in [4.78, 5) is 24.8. The lowest BCUT2D eigenvalue weighted by Crippen LogP contribution is -2.52. The van der Waals surface area contributed by atoms with Crippen molar-refractivity contribution in [2.45, 2.75) is 59.2 Å². The molecule has 0 aromatic heterocycles. The number of rotatable bonds is 6. The number of hydrogen-bond donors (Lipinski definition) is 1. The van der Waals surface area contributed by atoms with Gasteiger partial charge in [0.05, 0.1) is 0 Å². The third-order valence-corrected chi connectivity index (χ3v) is 7.77. The summed E-state index contributed by atoms with van der Waals surface area (Å²) in [6.45, 7) is 2.96. The molecule has 0 aromatic carbocycles. The molecule has 3 rings (SSSR count). The van der Waals surface area contributed by atoms with Crippen LogP contribution < -0.4 is 0 Å². The molecular formula is C14H16F3IO11S2. The maximum atomic E-state index is 13.1. The van der Waals surface area contributed by atoms with Crippen molar-refractivity contribution in [3.63, 3.8) is 0 Å². The van der Waals surface area contributed by atoms with E-state index < -0.39 is 89.2 Å². The highest BCUT2D eigenvalue weighted by Gasteiger charge is 2.74. The van der Waals surface area contributed by atoms with Crippen LogP contribution in [0.4, 0.5) is 13.2 Å². The van der Waals surface area contributed by atoms with E-state index in [1.165, 1.54) is 13.8 Å². The third-order valence-electron chi connectivity index (χ3n) is 4.88. The van der Waals surface area contributed by atoms with E-state index in [0.717, 1.165) is 0 Å². The van der Waals surface area contributed by atoms with Gasteiger partial charge in [-0.3, -0.25) is 18.3 Å². The van der Waals surface area contributed by atoms with Gasteiger partial charge in [-0.2, -0.15) is 30.0 Å². The number of halogens is 4.